The van der Waals surface area contributed by atoms with Crippen molar-refractivity contribution in [2.45, 2.75) is 31.8 Å². The van der Waals surface area contributed by atoms with Gasteiger partial charge in [0.05, 0.1) is 0 Å². The predicted molar refractivity (Wildman–Crippen MR) is 103 cm³/mol. The fourth-order valence-corrected chi connectivity index (χ4v) is 4.69. The number of pyridine rings is 1. The van der Waals surface area contributed by atoms with Crippen LogP contribution in [0.2, 0.25) is 0 Å². The van der Waals surface area contributed by atoms with E-state index in [1.54, 1.807) is 0 Å². The Kier molecular flexibility index (Phi) is 3.52. The molecule has 0 saturated carbocycles. The highest BCUT2D eigenvalue weighted by atomic mass is 15.2. The molecular formula is C21H24N4. The van der Waals surface area contributed by atoms with Crippen LogP contribution in [0.5, 0.6) is 0 Å². The van der Waals surface area contributed by atoms with Gasteiger partial charge in [0.15, 0.2) is 0 Å². The van der Waals surface area contributed by atoms with Crippen LogP contribution in [0.15, 0.2) is 48.8 Å². The Morgan fingerprint density at radius 2 is 2.00 bits per heavy atom. The first-order chi connectivity index (χ1) is 12.3. The van der Waals surface area contributed by atoms with Crippen molar-refractivity contribution in [3.63, 3.8) is 0 Å². The van der Waals surface area contributed by atoms with Crippen molar-refractivity contribution < 1.29 is 0 Å². The van der Waals surface area contributed by atoms with Crippen molar-refractivity contribution in [2.24, 2.45) is 5.92 Å². The van der Waals surface area contributed by atoms with E-state index in [9.17, 15) is 0 Å². The number of aromatic amines is 1. The zero-order valence-electron chi connectivity index (χ0n) is 14.6. The summed E-state index contributed by atoms with van der Waals surface area (Å²) in [5, 5.41) is 4.96. The maximum absolute atomic E-state index is 4.72. The first kappa shape index (κ1) is 15.0. The van der Waals surface area contributed by atoms with Gasteiger partial charge < -0.3 is 10.3 Å². The molecule has 0 aliphatic carbocycles. The van der Waals surface area contributed by atoms with Crippen LogP contribution in [0.25, 0.3) is 22.0 Å². The van der Waals surface area contributed by atoms with Gasteiger partial charge in [0.1, 0.15) is 5.82 Å². The van der Waals surface area contributed by atoms with Gasteiger partial charge in [-0.3, -0.25) is 4.90 Å². The summed E-state index contributed by atoms with van der Waals surface area (Å²) in [7, 11) is 0. The zero-order valence-corrected chi connectivity index (χ0v) is 14.6. The Labute approximate surface area is 148 Å². The van der Waals surface area contributed by atoms with Crippen LogP contribution in [-0.2, 0) is 0 Å². The third-order valence-electron chi connectivity index (χ3n) is 6.16. The molecule has 3 fully saturated rings. The molecule has 1 aromatic carbocycles. The van der Waals surface area contributed by atoms with Gasteiger partial charge in [-0.25, -0.2) is 4.98 Å². The summed E-state index contributed by atoms with van der Waals surface area (Å²) in [6, 6.07) is 13.9. The normalized spacial score (nSPS) is 28.4. The highest BCUT2D eigenvalue weighted by Gasteiger charge is 2.39. The Morgan fingerprint density at radius 1 is 1.12 bits per heavy atom. The molecule has 3 saturated heterocycles. The molecule has 5 heterocycles. The number of rotatable bonds is 3. The Morgan fingerprint density at radius 3 is 2.76 bits per heavy atom. The second kappa shape index (κ2) is 5.88. The Bertz CT molecular complexity index is 872. The molecule has 2 atom stereocenters. The van der Waals surface area contributed by atoms with Gasteiger partial charge in [-0.15, -0.1) is 0 Å². The first-order valence-electron chi connectivity index (χ1n) is 9.33. The number of piperidine rings is 3. The van der Waals surface area contributed by atoms with Crippen LogP contribution >= 0.6 is 0 Å². The third-order valence-corrected chi connectivity index (χ3v) is 6.16. The zero-order chi connectivity index (χ0) is 16.8. The van der Waals surface area contributed by atoms with E-state index in [-0.39, 0.29) is 0 Å². The van der Waals surface area contributed by atoms with E-state index in [0.29, 0.717) is 12.1 Å². The lowest BCUT2D eigenvalue weighted by molar-refractivity contribution is 0.0457. The molecule has 4 nitrogen and oxygen atoms in total. The van der Waals surface area contributed by atoms with Crippen LogP contribution in [0, 0.1) is 5.92 Å². The molecule has 2 aromatic heterocycles. The average Bonchev–Trinajstić information content (AvgIpc) is 3.14. The minimum atomic E-state index is 0.522. The van der Waals surface area contributed by atoms with E-state index >= 15 is 0 Å². The number of anilines is 1. The van der Waals surface area contributed by atoms with Gasteiger partial charge in [0.25, 0.3) is 0 Å². The number of benzene rings is 1. The average molecular weight is 332 g/mol. The van der Waals surface area contributed by atoms with Crippen molar-refractivity contribution in [1.29, 1.82) is 0 Å². The molecule has 2 N–H and O–H groups in total. The van der Waals surface area contributed by atoms with E-state index in [2.05, 4.69) is 58.5 Å². The van der Waals surface area contributed by atoms with Crippen molar-refractivity contribution in [2.75, 3.05) is 18.4 Å². The maximum Gasteiger partial charge on any atom is 0.126 e. The third kappa shape index (κ3) is 2.52. The predicted octanol–water partition coefficient (Wildman–Crippen LogP) is 4.12. The monoisotopic (exact) mass is 332 g/mol. The summed E-state index contributed by atoms with van der Waals surface area (Å²) in [5.41, 5.74) is 3.56. The van der Waals surface area contributed by atoms with Crippen molar-refractivity contribution in [3.8, 4) is 11.1 Å². The standard InChI is InChI=1S/C21H24N4/c1-14-21(15-8-11-25(14)12-9-15)24-20-6-5-16(13-23-20)17-3-2-4-19-18(17)7-10-22-19/h2-7,10,13-15,21-22H,8-9,11-12H2,1H3,(H,23,24)/t14-,21+/m1/s1. The summed E-state index contributed by atoms with van der Waals surface area (Å²) in [6.07, 6.45) is 6.62. The van der Waals surface area contributed by atoms with Gasteiger partial charge in [0, 0.05) is 40.9 Å². The van der Waals surface area contributed by atoms with Gasteiger partial charge in [-0.2, -0.15) is 0 Å². The molecule has 0 radical (unpaired) electrons. The quantitative estimate of drug-likeness (QED) is 0.758. The molecule has 6 rings (SSSR count). The summed E-state index contributed by atoms with van der Waals surface area (Å²) < 4.78 is 0. The summed E-state index contributed by atoms with van der Waals surface area (Å²) in [5.74, 6) is 1.78. The largest absolute Gasteiger partial charge is 0.365 e. The first-order valence-corrected chi connectivity index (χ1v) is 9.33. The Hall–Kier alpha value is -2.33. The molecule has 4 heteroatoms. The highest BCUT2D eigenvalue weighted by Crippen LogP contribution is 2.34. The lowest BCUT2D eigenvalue weighted by atomic mass is 9.79. The van der Waals surface area contributed by atoms with Gasteiger partial charge >= 0.3 is 0 Å². The fourth-order valence-electron chi connectivity index (χ4n) is 4.69. The van der Waals surface area contributed by atoms with Crippen LogP contribution < -0.4 is 5.32 Å². The molecule has 0 spiro atoms. The van der Waals surface area contributed by atoms with Crippen LogP contribution in [-0.4, -0.2) is 40.0 Å². The van der Waals surface area contributed by atoms with Crippen LogP contribution in [0.4, 0.5) is 5.82 Å². The van der Waals surface area contributed by atoms with Crippen LogP contribution in [0.3, 0.4) is 0 Å². The summed E-state index contributed by atoms with van der Waals surface area (Å²) in [6.45, 7) is 4.87. The van der Waals surface area contributed by atoms with E-state index in [0.717, 1.165) is 17.3 Å². The minimum absolute atomic E-state index is 0.522. The molecule has 2 bridgehead atoms. The van der Waals surface area contributed by atoms with Crippen LogP contribution in [0.1, 0.15) is 19.8 Å². The van der Waals surface area contributed by atoms with Gasteiger partial charge in [-0.1, -0.05) is 12.1 Å². The molecule has 0 unspecified atom stereocenters. The molecule has 3 aromatic rings. The van der Waals surface area contributed by atoms with E-state index < -0.39 is 0 Å². The SMILES string of the molecule is C[C@@H]1[C@H](Nc2ccc(-c3cccc4[nH]ccc34)cn2)C2CCN1CC2. The second-order valence-corrected chi connectivity index (χ2v) is 7.46. The maximum atomic E-state index is 4.72. The van der Waals surface area contributed by atoms with E-state index in [1.807, 2.05) is 12.4 Å². The molecule has 25 heavy (non-hydrogen) atoms. The van der Waals surface area contributed by atoms with E-state index in [1.165, 1.54) is 42.4 Å². The fraction of sp³-hybridized carbons (Fsp3) is 0.381. The second-order valence-electron chi connectivity index (χ2n) is 7.46. The lowest BCUT2D eigenvalue weighted by Gasteiger charge is -2.50. The van der Waals surface area contributed by atoms with E-state index in [4.69, 9.17) is 4.98 Å². The number of H-pyrrole nitrogens is 1. The molecule has 0 amide bonds. The van der Waals surface area contributed by atoms with Gasteiger partial charge in [0.2, 0.25) is 0 Å². The summed E-state index contributed by atoms with van der Waals surface area (Å²) >= 11 is 0. The number of hydrogen-bond donors (Lipinski definition) is 2. The molecule has 3 aliphatic rings. The summed E-state index contributed by atoms with van der Waals surface area (Å²) in [4.78, 5) is 10.6. The number of fused-ring (bicyclic) bond motifs is 4. The van der Waals surface area contributed by atoms with Gasteiger partial charge in [-0.05, 0) is 68.6 Å². The number of nitrogens with one attached hydrogen (secondary N) is 2. The minimum Gasteiger partial charge on any atom is -0.365 e. The molecule has 3 aliphatic heterocycles. The topological polar surface area (TPSA) is 44.0 Å². The molecule has 128 valence electrons. The molecular weight excluding hydrogens is 308 g/mol. The van der Waals surface area contributed by atoms with Crippen molar-refractivity contribution >= 4 is 16.7 Å². The smallest absolute Gasteiger partial charge is 0.126 e. The lowest BCUT2D eigenvalue weighted by Crippen LogP contribution is -2.59. The Balaban J connectivity index is 1.40. The highest BCUT2D eigenvalue weighted by molar-refractivity contribution is 5.94. The number of nitrogens with zero attached hydrogens (tertiary/aromatic N) is 2. The van der Waals surface area contributed by atoms with Crippen molar-refractivity contribution in [1.82, 2.24) is 14.9 Å². The number of hydrogen-bond acceptors (Lipinski definition) is 3. The number of aromatic nitrogens is 2. The van der Waals surface area contributed by atoms with Crippen molar-refractivity contribution in [3.05, 3.63) is 48.8 Å².